The molecule has 4 nitrogen and oxygen atoms in total. The first-order valence-electron chi connectivity index (χ1n) is 6.20. The van der Waals surface area contributed by atoms with Crippen LogP contribution in [0.25, 0.3) is 10.8 Å². The zero-order valence-electron chi connectivity index (χ0n) is 10.9. The van der Waals surface area contributed by atoms with Crippen LogP contribution in [-0.2, 0) is 10.1 Å². The van der Waals surface area contributed by atoms with Crippen LogP contribution < -0.4 is 5.32 Å². The highest BCUT2D eigenvalue weighted by atomic mass is 32.2. The van der Waals surface area contributed by atoms with Crippen molar-refractivity contribution in [2.75, 3.05) is 5.32 Å². The Hall–Kier alpha value is -2.37. The van der Waals surface area contributed by atoms with Gasteiger partial charge >= 0.3 is 0 Å². The predicted molar refractivity (Wildman–Crippen MR) is 81.2 cm³/mol. The summed E-state index contributed by atoms with van der Waals surface area (Å²) < 4.78 is 31.2. The smallest absolute Gasteiger partial charge is 0.295 e. The zero-order valence-corrected chi connectivity index (χ0v) is 11.7. The van der Waals surface area contributed by atoms with Crippen LogP contribution in [0.5, 0.6) is 0 Å². The summed E-state index contributed by atoms with van der Waals surface area (Å²) in [5.41, 5.74) is 1.81. The van der Waals surface area contributed by atoms with E-state index in [0.29, 0.717) is 10.8 Å². The second-order valence-corrected chi connectivity index (χ2v) is 5.92. The monoisotopic (exact) mass is 297 g/mol. The van der Waals surface area contributed by atoms with E-state index in [9.17, 15) is 8.42 Å². The van der Waals surface area contributed by atoms with Gasteiger partial charge in [-0.25, -0.2) is 0 Å². The normalized spacial score (nSPS) is 11.5. The molecular weight excluding hydrogens is 286 g/mol. The average Bonchev–Trinajstić information content (AvgIpc) is 2.47. The molecule has 0 bridgehead atoms. The highest BCUT2D eigenvalue weighted by Crippen LogP contribution is 2.24. The van der Waals surface area contributed by atoms with Crippen molar-refractivity contribution in [2.45, 2.75) is 4.90 Å². The topological polar surface area (TPSA) is 66.4 Å². The van der Waals surface area contributed by atoms with E-state index in [-0.39, 0.29) is 4.90 Å². The first-order chi connectivity index (χ1) is 10.0. The number of hydrogen-bond acceptors (Lipinski definition) is 3. The van der Waals surface area contributed by atoms with E-state index in [0.717, 1.165) is 11.4 Å². The zero-order chi connectivity index (χ0) is 14.9. The molecule has 3 rings (SSSR count). The molecule has 21 heavy (non-hydrogen) atoms. The Balaban J connectivity index is 1.98. The van der Waals surface area contributed by atoms with Gasteiger partial charge in [-0.05, 0) is 41.1 Å². The van der Waals surface area contributed by atoms with Crippen LogP contribution in [0, 0.1) is 12.1 Å². The van der Waals surface area contributed by atoms with E-state index in [1.165, 1.54) is 6.07 Å². The maximum atomic E-state index is 11.1. The molecule has 0 aliphatic carbocycles. The number of para-hydroxylation sites is 1. The Morgan fingerprint density at radius 1 is 0.905 bits per heavy atom. The lowest BCUT2D eigenvalue weighted by Crippen LogP contribution is -1.98. The van der Waals surface area contributed by atoms with Crippen molar-refractivity contribution in [3.8, 4) is 0 Å². The molecule has 2 N–H and O–H groups in total. The number of rotatable bonds is 3. The molecule has 0 amide bonds. The third-order valence-corrected chi connectivity index (χ3v) is 3.78. The second-order valence-electron chi connectivity index (χ2n) is 4.53. The van der Waals surface area contributed by atoms with Crippen LogP contribution in [-0.4, -0.2) is 13.0 Å². The SMILES string of the molecule is O=S(=O)(O)c1[c][c]c2cc(Nc3ccccc3)ccc2c1. The summed E-state index contributed by atoms with van der Waals surface area (Å²) in [6.45, 7) is 0. The van der Waals surface area contributed by atoms with Gasteiger partial charge in [-0.2, -0.15) is 8.42 Å². The molecule has 0 atom stereocenters. The molecule has 0 saturated heterocycles. The summed E-state index contributed by atoms with van der Waals surface area (Å²) in [5.74, 6) is 0. The third kappa shape index (κ3) is 3.04. The minimum absolute atomic E-state index is 0.279. The van der Waals surface area contributed by atoms with Gasteiger partial charge in [-0.1, -0.05) is 24.3 Å². The lowest BCUT2D eigenvalue weighted by Gasteiger charge is -2.07. The number of anilines is 2. The molecule has 3 aromatic rings. The van der Waals surface area contributed by atoms with Crippen molar-refractivity contribution >= 4 is 32.3 Å². The minimum atomic E-state index is -4.26. The molecule has 0 aromatic heterocycles. The summed E-state index contributed by atoms with van der Waals surface area (Å²) >= 11 is 0. The predicted octanol–water partition coefficient (Wildman–Crippen LogP) is 3.43. The Morgan fingerprint density at radius 3 is 2.38 bits per heavy atom. The summed E-state index contributed by atoms with van der Waals surface area (Å²) in [6, 6.07) is 21.7. The first-order valence-corrected chi connectivity index (χ1v) is 7.64. The first kappa shape index (κ1) is 13.6. The Kier molecular flexibility index (Phi) is 3.37. The van der Waals surface area contributed by atoms with Crippen molar-refractivity contribution in [1.82, 2.24) is 0 Å². The molecule has 3 aromatic carbocycles. The Bertz CT molecular complexity index is 890. The number of fused-ring (bicyclic) bond motifs is 1. The third-order valence-electron chi connectivity index (χ3n) is 3.00. The summed E-state index contributed by atoms with van der Waals surface area (Å²) in [7, 11) is -4.26. The molecule has 0 heterocycles. The van der Waals surface area contributed by atoms with E-state index in [1.54, 1.807) is 6.07 Å². The van der Waals surface area contributed by atoms with Crippen LogP contribution in [0.15, 0.2) is 59.5 Å². The van der Waals surface area contributed by atoms with Crippen LogP contribution in [0.1, 0.15) is 0 Å². The van der Waals surface area contributed by atoms with E-state index in [2.05, 4.69) is 17.4 Å². The van der Waals surface area contributed by atoms with Gasteiger partial charge in [0.05, 0.1) is 0 Å². The molecular formula is C16H11NO3S. The lowest BCUT2D eigenvalue weighted by molar-refractivity contribution is 0.483. The van der Waals surface area contributed by atoms with Gasteiger partial charge in [-0.3, -0.25) is 4.55 Å². The van der Waals surface area contributed by atoms with Gasteiger partial charge in [0, 0.05) is 23.5 Å². The Labute approximate surface area is 122 Å². The highest BCUT2D eigenvalue weighted by Gasteiger charge is 2.10. The summed E-state index contributed by atoms with van der Waals surface area (Å²) in [5, 5.41) is 4.62. The van der Waals surface area contributed by atoms with Crippen molar-refractivity contribution in [1.29, 1.82) is 0 Å². The van der Waals surface area contributed by atoms with Crippen molar-refractivity contribution < 1.29 is 13.0 Å². The van der Waals surface area contributed by atoms with Gasteiger partial charge in [0.15, 0.2) is 0 Å². The Morgan fingerprint density at radius 2 is 1.67 bits per heavy atom. The second kappa shape index (κ2) is 5.20. The van der Waals surface area contributed by atoms with E-state index >= 15 is 0 Å². The summed E-state index contributed by atoms with van der Waals surface area (Å²) in [6.07, 6.45) is 0. The summed E-state index contributed by atoms with van der Waals surface area (Å²) in [4.78, 5) is -0.279. The van der Waals surface area contributed by atoms with E-state index < -0.39 is 10.1 Å². The standard InChI is InChI=1S/C16H11NO3S/c18-21(19,20)16-9-7-12-10-15(8-6-13(12)11-16)17-14-4-2-1-3-5-14/h1-6,8,10-11,17H,(H,18,19,20). The maximum absolute atomic E-state index is 11.1. The van der Waals surface area contributed by atoms with Crippen molar-refractivity contribution in [3.05, 3.63) is 66.7 Å². The van der Waals surface area contributed by atoms with Crippen LogP contribution >= 0.6 is 0 Å². The number of nitrogens with one attached hydrogen (secondary N) is 1. The largest absolute Gasteiger partial charge is 0.356 e. The van der Waals surface area contributed by atoms with Gasteiger partial charge < -0.3 is 5.32 Å². The molecule has 0 unspecified atom stereocenters. The van der Waals surface area contributed by atoms with Crippen LogP contribution in [0.2, 0.25) is 0 Å². The fourth-order valence-electron chi connectivity index (χ4n) is 2.00. The fraction of sp³-hybridized carbons (Fsp3) is 0. The van der Waals surface area contributed by atoms with E-state index in [1.807, 2.05) is 42.5 Å². The number of hydrogen-bond donors (Lipinski definition) is 2. The van der Waals surface area contributed by atoms with Crippen LogP contribution in [0.3, 0.4) is 0 Å². The fourth-order valence-corrected chi connectivity index (χ4v) is 2.46. The molecule has 0 aliphatic heterocycles. The van der Waals surface area contributed by atoms with Crippen molar-refractivity contribution in [3.63, 3.8) is 0 Å². The molecule has 2 radical (unpaired) electrons. The quantitative estimate of drug-likeness (QED) is 0.727. The highest BCUT2D eigenvalue weighted by molar-refractivity contribution is 7.85. The molecule has 0 spiro atoms. The maximum Gasteiger partial charge on any atom is 0.295 e. The molecule has 0 fully saturated rings. The minimum Gasteiger partial charge on any atom is -0.356 e. The average molecular weight is 297 g/mol. The van der Waals surface area contributed by atoms with E-state index in [4.69, 9.17) is 4.55 Å². The van der Waals surface area contributed by atoms with Gasteiger partial charge in [-0.15, -0.1) is 0 Å². The lowest BCUT2D eigenvalue weighted by atomic mass is 10.1. The molecule has 104 valence electrons. The molecule has 0 aliphatic rings. The molecule has 5 heteroatoms. The number of benzene rings is 3. The van der Waals surface area contributed by atoms with Crippen LogP contribution in [0.4, 0.5) is 11.4 Å². The van der Waals surface area contributed by atoms with Crippen molar-refractivity contribution in [2.24, 2.45) is 0 Å². The molecule has 0 saturated carbocycles. The van der Waals surface area contributed by atoms with Gasteiger partial charge in [0.2, 0.25) is 0 Å². The van der Waals surface area contributed by atoms with Gasteiger partial charge in [0.25, 0.3) is 10.1 Å². The van der Waals surface area contributed by atoms with Gasteiger partial charge in [0.1, 0.15) is 4.90 Å².